The van der Waals surface area contributed by atoms with E-state index in [-0.39, 0.29) is 6.04 Å². The number of thiophene rings is 1. The second-order valence-electron chi connectivity index (χ2n) is 5.60. The van der Waals surface area contributed by atoms with E-state index in [9.17, 15) is 8.42 Å². The van der Waals surface area contributed by atoms with Gasteiger partial charge in [0.05, 0.1) is 0 Å². The average molecular weight is 332 g/mol. The minimum Gasteiger partial charge on any atom is -0.316 e. The van der Waals surface area contributed by atoms with Crippen LogP contribution in [0.1, 0.15) is 31.7 Å². The molecule has 120 valence electrons. The summed E-state index contributed by atoms with van der Waals surface area (Å²) in [6, 6.07) is 1.99. The van der Waals surface area contributed by atoms with Crippen molar-refractivity contribution in [3.63, 3.8) is 0 Å². The summed E-state index contributed by atoms with van der Waals surface area (Å²) in [5.74, 6) is 0. The van der Waals surface area contributed by atoms with Gasteiger partial charge < -0.3 is 5.32 Å². The summed E-state index contributed by atoms with van der Waals surface area (Å²) in [5.41, 5.74) is 1.01. The molecule has 2 heterocycles. The summed E-state index contributed by atoms with van der Waals surface area (Å²) < 4.78 is 27.7. The molecule has 1 aliphatic heterocycles. The highest BCUT2D eigenvalue weighted by Gasteiger charge is 2.21. The lowest BCUT2D eigenvalue weighted by molar-refractivity contribution is 0.175. The molecule has 1 fully saturated rings. The minimum atomic E-state index is -3.38. The molecule has 2 rings (SSSR count). The van der Waals surface area contributed by atoms with Crippen molar-refractivity contribution < 1.29 is 8.42 Å². The predicted octanol–water partition coefficient (Wildman–Crippen LogP) is 1.62. The largest absolute Gasteiger partial charge is 0.316 e. The molecule has 1 aliphatic rings. The number of likely N-dealkylation sites (tertiary alicyclic amines) is 1. The normalized spacial score (nSPS) is 18.8. The summed E-state index contributed by atoms with van der Waals surface area (Å²) in [4.78, 5) is 2.37. The van der Waals surface area contributed by atoms with Crippen molar-refractivity contribution in [2.75, 3.05) is 26.7 Å². The van der Waals surface area contributed by atoms with E-state index in [1.807, 2.05) is 12.4 Å². The Morgan fingerprint density at radius 2 is 2.05 bits per heavy atom. The van der Waals surface area contributed by atoms with Crippen molar-refractivity contribution in [2.45, 2.75) is 43.0 Å². The molecule has 1 aromatic heterocycles. The minimum absolute atomic E-state index is 0.247. The van der Waals surface area contributed by atoms with Crippen LogP contribution in [0, 0.1) is 0 Å². The third-order valence-corrected chi connectivity index (χ3v) is 6.77. The smallest absolute Gasteiger partial charge is 0.250 e. The van der Waals surface area contributed by atoms with E-state index < -0.39 is 10.0 Å². The molecular formula is C14H25N3O2S2. The van der Waals surface area contributed by atoms with Gasteiger partial charge in [0.1, 0.15) is 4.21 Å². The Labute approximate surface area is 131 Å². The van der Waals surface area contributed by atoms with Crippen LogP contribution in [-0.2, 0) is 16.6 Å². The van der Waals surface area contributed by atoms with Crippen molar-refractivity contribution >= 4 is 21.4 Å². The number of hydrogen-bond donors (Lipinski definition) is 2. The summed E-state index contributed by atoms with van der Waals surface area (Å²) in [6.07, 6.45) is 3.73. The van der Waals surface area contributed by atoms with Crippen molar-refractivity contribution in [2.24, 2.45) is 0 Å². The molecule has 0 amide bonds. The van der Waals surface area contributed by atoms with Gasteiger partial charge >= 0.3 is 0 Å². The molecule has 0 bridgehead atoms. The monoisotopic (exact) mass is 331 g/mol. The van der Waals surface area contributed by atoms with Gasteiger partial charge in [-0.3, -0.25) is 4.90 Å². The van der Waals surface area contributed by atoms with Crippen LogP contribution in [0.3, 0.4) is 0 Å². The van der Waals surface area contributed by atoms with Crippen LogP contribution in [-0.4, -0.2) is 46.0 Å². The number of hydrogen-bond acceptors (Lipinski definition) is 5. The van der Waals surface area contributed by atoms with Crippen molar-refractivity contribution in [3.05, 3.63) is 17.0 Å². The van der Waals surface area contributed by atoms with Gasteiger partial charge in [-0.15, -0.1) is 11.3 Å². The molecule has 0 saturated carbocycles. The second kappa shape index (κ2) is 7.69. The quantitative estimate of drug-likeness (QED) is 0.797. The van der Waals surface area contributed by atoms with Crippen LogP contribution >= 0.6 is 11.3 Å². The molecule has 0 spiro atoms. The molecule has 0 radical (unpaired) electrons. The topological polar surface area (TPSA) is 61.4 Å². The zero-order valence-electron chi connectivity index (χ0n) is 12.8. The third-order valence-electron chi connectivity index (χ3n) is 3.86. The first-order chi connectivity index (χ1) is 10.0. The van der Waals surface area contributed by atoms with Crippen LogP contribution in [0.5, 0.6) is 0 Å². The Morgan fingerprint density at radius 3 is 2.71 bits per heavy atom. The number of nitrogens with zero attached hydrogens (tertiary/aromatic N) is 1. The lowest BCUT2D eigenvalue weighted by Crippen LogP contribution is -2.44. The molecule has 0 aromatic carbocycles. The molecule has 1 unspecified atom stereocenters. The van der Waals surface area contributed by atoms with Crippen molar-refractivity contribution in [1.29, 1.82) is 0 Å². The van der Waals surface area contributed by atoms with Gasteiger partial charge in [-0.2, -0.15) is 0 Å². The molecule has 2 N–H and O–H groups in total. The number of piperidine rings is 1. The van der Waals surface area contributed by atoms with E-state index in [0.29, 0.717) is 17.3 Å². The summed E-state index contributed by atoms with van der Waals surface area (Å²) >= 11 is 1.28. The maximum absolute atomic E-state index is 12.3. The van der Waals surface area contributed by atoms with E-state index in [1.165, 1.54) is 30.6 Å². The van der Waals surface area contributed by atoms with E-state index in [0.717, 1.165) is 18.7 Å². The Hall–Kier alpha value is -0.470. The molecular weight excluding hydrogens is 306 g/mol. The second-order valence-corrected chi connectivity index (χ2v) is 8.51. The Morgan fingerprint density at radius 1 is 1.33 bits per heavy atom. The molecule has 0 aliphatic carbocycles. The Kier molecular flexibility index (Phi) is 6.19. The first-order valence-electron chi connectivity index (χ1n) is 7.48. The van der Waals surface area contributed by atoms with E-state index in [4.69, 9.17) is 0 Å². The van der Waals surface area contributed by atoms with Crippen LogP contribution < -0.4 is 10.0 Å². The van der Waals surface area contributed by atoms with Gasteiger partial charge in [-0.1, -0.05) is 6.42 Å². The van der Waals surface area contributed by atoms with Gasteiger partial charge in [0.25, 0.3) is 0 Å². The summed E-state index contributed by atoms with van der Waals surface area (Å²) in [7, 11) is -1.53. The third kappa shape index (κ3) is 4.75. The fraction of sp³-hybridized carbons (Fsp3) is 0.714. The average Bonchev–Trinajstić information content (AvgIpc) is 2.96. The summed E-state index contributed by atoms with van der Waals surface area (Å²) in [6.45, 7) is 5.41. The first kappa shape index (κ1) is 16.9. The van der Waals surface area contributed by atoms with Crippen LogP contribution in [0.15, 0.2) is 15.7 Å². The SMILES string of the molecule is CNCc1csc(S(=O)(=O)NCC(C)N2CCCCC2)c1. The van der Waals surface area contributed by atoms with Gasteiger partial charge in [0, 0.05) is 19.1 Å². The van der Waals surface area contributed by atoms with Crippen molar-refractivity contribution in [1.82, 2.24) is 14.9 Å². The van der Waals surface area contributed by atoms with Crippen molar-refractivity contribution in [3.8, 4) is 0 Å². The molecule has 1 saturated heterocycles. The van der Waals surface area contributed by atoms with Gasteiger partial charge in [-0.05, 0) is 56.9 Å². The lowest BCUT2D eigenvalue weighted by Gasteiger charge is -2.32. The highest BCUT2D eigenvalue weighted by atomic mass is 32.2. The lowest BCUT2D eigenvalue weighted by atomic mass is 10.1. The number of sulfonamides is 1. The van der Waals surface area contributed by atoms with E-state index >= 15 is 0 Å². The van der Waals surface area contributed by atoms with Crippen LogP contribution in [0.2, 0.25) is 0 Å². The fourth-order valence-electron chi connectivity index (χ4n) is 2.58. The van der Waals surface area contributed by atoms with Crippen LogP contribution in [0.4, 0.5) is 0 Å². The molecule has 5 nitrogen and oxygen atoms in total. The zero-order valence-corrected chi connectivity index (χ0v) is 14.4. The zero-order chi connectivity index (χ0) is 15.3. The Bertz CT molecular complexity index is 536. The highest BCUT2D eigenvalue weighted by Crippen LogP contribution is 2.20. The summed E-state index contributed by atoms with van der Waals surface area (Å²) in [5, 5.41) is 4.91. The molecule has 7 heteroatoms. The predicted molar refractivity (Wildman–Crippen MR) is 87.2 cm³/mol. The molecule has 1 atom stereocenters. The number of nitrogens with one attached hydrogen (secondary N) is 2. The molecule has 21 heavy (non-hydrogen) atoms. The van der Waals surface area contributed by atoms with Gasteiger partial charge in [-0.25, -0.2) is 13.1 Å². The van der Waals surface area contributed by atoms with Gasteiger partial charge in [0.2, 0.25) is 10.0 Å². The standard InChI is InChI=1S/C14H25N3O2S2/c1-12(17-6-4-3-5-7-17)9-16-21(18,19)14-8-13(10-15-2)11-20-14/h8,11-12,15-16H,3-7,9-10H2,1-2H3. The maximum Gasteiger partial charge on any atom is 0.250 e. The first-order valence-corrected chi connectivity index (χ1v) is 9.85. The van der Waals surface area contributed by atoms with E-state index in [2.05, 4.69) is 21.9 Å². The van der Waals surface area contributed by atoms with Gasteiger partial charge in [0.15, 0.2) is 0 Å². The Balaban J connectivity index is 1.90. The highest BCUT2D eigenvalue weighted by molar-refractivity contribution is 7.91. The molecule has 1 aromatic rings. The number of rotatable bonds is 7. The van der Waals surface area contributed by atoms with Crippen LogP contribution in [0.25, 0.3) is 0 Å². The fourth-order valence-corrected chi connectivity index (χ4v) is 4.96. The maximum atomic E-state index is 12.3. The van der Waals surface area contributed by atoms with E-state index in [1.54, 1.807) is 6.07 Å².